The van der Waals surface area contributed by atoms with Crippen molar-refractivity contribution in [2.45, 2.75) is 52.9 Å². The van der Waals surface area contributed by atoms with Gasteiger partial charge in [0.25, 0.3) is 0 Å². The molecule has 0 fully saturated rings. The number of aliphatic carboxylic acids is 2. The Balaban J connectivity index is 5.06. The maximum absolute atomic E-state index is 11.2. The maximum Gasteiger partial charge on any atom is 0.307 e. The van der Waals surface area contributed by atoms with Crippen LogP contribution in [0.5, 0.6) is 0 Å². The van der Waals surface area contributed by atoms with E-state index < -0.39 is 17.9 Å². The Hall–Kier alpha value is -1.06. The molecule has 0 aromatic heterocycles. The number of carbonyl (C=O) groups is 2. The van der Waals surface area contributed by atoms with Crippen molar-refractivity contribution in [3.8, 4) is 0 Å². The van der Waals surface area contributed by atoms with Gasteiger partial charge in [0, 0.05) is 0 Å². The highest BCUT2D eigenvalue weighted by Crippen LogP contribution is 2.41. The highest BCUT2D eigenvalue weighted by molar-refractivity contribution is 5.78. The zero-order valence-electron chi connectivity index (χ0n) is 10.3. The molecular formula is C12H22O4. The van der Waals surface area contributed by atoms with Gasteiger partial charge < -0.3 is 10.2 Å². The summed E-state index contributed by atoms with van der Waals surface area (Å²) >= 11 is 0. The van der Waals surface area contributed by atoms with Crippen LogP contribution in [0.1, 0.15) is 52.9 Å². The first-order chi connectivity index (χ1) is 7.43. The second-order valence-corrected chi connectivity index (χ2v) is 4.31. The topological polar surface area (TPSA) is 74.6 Å². The van der Waals surface area contributed by atoms with Crippen molar-refractivity contribution in [3.63, 3.8) is 0 Å². The van der Waals surface area contributed by atoms with Crippen LogP contribution < -0.4 is 0 Å². The van der Waals surface area contributed by atoms with E-state index in [0.29, 0.717) is 12.8 Å². The van der Waals surface area contributed by atoms with Crippen molar-refractivity contribution in [1.82, 2.24) is 0 Å². The summed E-state index contributed by atoms with van der Waals surface area (Å²) in [7, 11) is 0. The molecule has 0 saturated heterocycles. The second-order valence-electron chi connectivity index (χ2n) is 4.31. The minimum Gasteiger partial charge on any atom is -0.481 e. The molecule has 0 radical (unpaired) electrons. The fourth-order valence-electron chi connectivity index (χ4n) is 2.51. The van der Waals surface area contributed by atoms with Gasteiger partial charge in [0.05, 0.1) is 12.3 Å². The molecule has 0 aliphatic heterocycles. The molecule has 4 nitrogen and oxygen atoms in total. The molecule has 0 bridgehead atoms. The zero-order chi connectivity index (χ0) is 12.8. The number of carboxylic acid groups (broad SMARTS) is 2. The van der Waals surface area contributed by atoms with Gasteiger partial charge in [0.2, 0.25) is 0 Å². The molecule has 16 heavy (non-hydrogen) atoms. The molecule has 0 rings (SSSR count). The van der Waals surface area contributed by atoms with Gasteiger partial charge in [0.1, 0.15) is 0 Å². The Morgan fingerprint density at radius 1 is 1.12 bits per heavy atom. The summed E-state index contributed by atoms with van der Waals surface area (Å²) in [5, 5.41) is 18.0. The number of hydrogen-bond donors (Lipinski definition) is 2. The van der Waals surface area contributed by atoms with E-state index in [4.69, 9.17) is 5.11 Å². The molecule has 0 aromatic rings. The van der Waals surface area contributed by atoms with Crippen molar-refractivity contribution >= 4 is 11.9 Å². The molecule has 0 aliphatic rings. The lowest BCUT2D eigenvalue weighted by Gasteiger charge is -2.36. The third-order valence-corrected chi connectivity index (χ3v) is 3.57. The summed E-state index contributed by atoms with van der Waals surface area (Å²) in [5.74, 6) is -2.80. The van der Waals surface area contributed by atoms with Crippen LogP contribution in [0, 0.1) is 11.3 Å². The van der Waals surface area contributed by atoms with Crippen LogP contribution in [0.25, 0.3) is 0 Å². The normalized spacial score (nSPS) is 13.4. The summed E-state index contributed by atoms with van der Waals surface area (Å²) < 4.78 is 0. The molecule has 1 unspecified atom stereocenters. The van der Waals surface area contributed by atoms with Crippen LogP contribution in [0.4, 0.5) is 0 Å². The number of carboxylic acids is 2. The maximum atomic E-state index is 11.2. The highest BCUT2D eigenvalue weighted by Gasteiger charge is 2.40. The third kappa shape index (κ3) is 3.51. The monoisotopic (exact) mass is 230 g/mol. The Morgan fingerprint density at radius 2 is 1.62 bits per heavy atom. The van der Waals surface area contributed by atoms with Gasteiger partial charge >= 0.3 is 11.9 Å². The zero-order valence-corrected chi connectivity index (χ0v) is 10.3. The smallest absolute Gasteiger partial charge is 0.307 e. The van der Waals surface area contributed by atoms with E-state index in [1.165, 1.54) is 0 Å². The first-order valence-electron chi connectivity index (χ1n) is 5.88. The van der Waals surface area contributed by atoms with E-state index in [1.807, 2.05) is 20.8 Å². The molecule has 0 aliphatic carbocycles. The lowest BCUT2D eigenvalue weighted by atomic mass is 9.67. The molecule has 0 spiro atoms. The lowest BCUT2D eigenvalue weighted by molar-refractivity contribution is -0.154. The first-order valence-corrected chi connectivity index (χ1v) is 5.88. The molecule has 2 N–H and O–H groups in total. The highest BCUT2D eigenvalue weighted by atomic mass is 16.4. The summed E-state index contributed by atoms with van der Waals surface area (Å²) in [6, 6.07) is 0. The average Bonchev–Trinajstić information content (AvgIpc) is 2.22. The first kappa shape index (κ1) is 14.9. The molecule has 94 valence electrons. The predicted octanol–water partition coefficient (Wildman–Crippen LogP) is 2.77. The van der Waals surface area contributed by atoms with Crippen LogP contribution in [0.15, 0.2) is 0 Å². The fourth-order valence-corrected chi connectivity index (χ4v) is 2.51. The third-order valence-electron chi connectivity index (χ3n) is 3.57. The van der Waals surface area contributed by atoms with Gasteiger partial charge in [0.15, 0.2) is 0 Å². The van der Waals surface area contributed by atoms with Gasteiger partial charge in [-0.3, -0.25) is 9.59 Å². The van der Waals surface area contributed by atoms with Crippen molar-refractivity contribution < 1.29 is 19.8 Å². The predicted molar refractivity (Wildman–Crippen MR) is 61.3 cm³/mol. The van der Waals surface area contributed by atoms with Crippen LogP contribution >= 0.6 is 0 Å². The van der Waals surface area contributed by atoms with Crippen LogP contribution in [-0.2, 0) is 9.59 Å². The SMILES string of the molecule is CCCC(CC)(CC)C(CC(=O)O)C(=O)O. The molecular weight excluding hydrogens is 208 g/mol. The fraction of sp³-hybridized carbons (Fsp3) is 0.833. The Kier molecular flexibility index (Phi) is 6.08. The lowest BCUT2D eigenvalue weighted by Crippen LogP contribution is -2.36. The van der Waals surface area contributed by atoms with Gasteiger partial charge in [-0.2, -0.15) is 0 Å². The molecule has 0 heterocycles. The minimum absolute atomic E-state index is 0.281. The van der Waals surface area contributed by atoms with Gasteiger partial charge in [-0.15, -0.1) is 0 Å². The van der Waals surface area contributed by atoms with Crippen LogP contribution in [0.3, 0.4) is 0 Å². The van der Waals surface area contributed by atoms with Gasteiger partial charge in [-0.1, -0.05) is 27.2 Å². The van der Waals surface area contributed by atoms with E-state index in [2.05, 4.69) is 0 Å². The van der Waals surface area contributed by atoms with Crippen molar-refractivity contribution in [2.75, 3.05) is 0 Å². The Labute approximate surface area is 96.7 Å². The van der Waals surface area contributed by atoms with E-state index >= 15 is 0 Å². The summed E-state index contributed by atoms with van der Waals surface area (Å²) in [6.45, 7) is 5.88. The number of hydrogen-bond acceptors (Lipinski definition) is 2. The van der Waals surface area contributed by atoms with E-state index in [1.54, 1.807) is 0 Å². The largest absolute Gasteiger partial charge is 0.481 e. The van der Waals surface area contributed by atoms with E-state index in [0.717, 1.165) is 12.8 Å². The van der Waals surface area contributed by atoms with Crippen molar-refractivity contribution in [3.05, 3.63) is 0 Å². The van der Waals surface area contributed by atoms with Gasteiger partial charge in [-0.05, 0) is 24.7 Å². The summed E-state index contributed by atoms with van der Waals surface area (Å²) in [4.78, 5) is 21.9. The summed E-state index contributed by atoms with van der Waals surface area (Å²) in [6.07, 6.45) is 2.79. The summed E-state index contributed by atoms with van der Waals surface area (Å²) in [5.41, 5.74) is -0.376. The standard InChI is InChI=1S/C12H22O4/c1-4-7-12(5-2,6-3)9(11(15)16)8-10(13)14/h9H,4-8H2,1-3H3,(H,13,14)(H,15,16). The molecule has 0 saturated carbocycles. The Morgan fingerprint density at radius 3 is 1.88 bits per heavy atom. The van der Waals surface area contributed by atoms with Crippen LogP contribution in [-0.4, -0.2) is 22.2 Å². The van der Waals surface area contributed by atoms with E-state index in [9.17, 15) is 14.7 Å². The second kappa shape index (κ2) is 6.51. The van der Waals surface area contributed by atoms with Crippen LogP contribution in [0.2, 0.25) is 0 Å². The number of rotatable bonds is 8. The average molecular weight is 230 g/mol. The van der Waals surface area contributed by atoms with Gasteiger partial charge in [-0.25, -0.2) is 0 Å². The molecule has 1 atom stereocenters. The quantitative estimate of drug-likeness (QED) is 0.672. The Bertz CT molecular complexity index is 243. The molecule has 0 amide bonds. The van der Waals surface area contributed by atoms with Crippen molar-refractivity contribution in [1.29, 1.82) is 0 Å². The minimum atomic E-state index is -1.03. The van der Waals surface area contributed by atoms with E-state index in [-0.39, 0.29) is 11.8 Å². The van der Waals surface area contributed by atoms with Crippen molar-refractivity contribution in [2.24, 2.45) is 11.3 Å². The molecule has 0 aromatic carbocycles. The molecule has 4 heteroatoms.